The molecule has 0 radical (unpaired) electrons. The number of carbonyl (C=O) groups excluding carboxylic acids is 1. The molecule has 0 heterocycles. The first-order valence-electron chi connectivity index (χ1n) is 8.86. The summed E-state index contributed by atoms with van der Waals surface area (Å²) in [5.74, 6) is -0.173. The van der Waals surface area contributed by atoms with Gasteiger partial charge in [-0.05, 0) is 11.1 Å². The van der Waals surface area contributed by atoms with Gasteiger partial charge in [-0.1, -0.05) is 60.7 Å². The van der Waals surface area contributed by atoms with Crippen molar-refractivity contribution in [3.8, 4) is 11.5 Å². The molecule has 0 aliphatic heterocycles. The number of ether oxygens (including phenoxy) is 2. The highest BCUT2D eigenvalue weighted by atomic mass is 16.6. The summed E-state index contributed by atoms with van der Waals surface area (Å²) in [5.41, 5.74) is 1.25. The van der Waals surface area contributed by atoms with Crippen LogP contribution in [0.1, 0.15) is 27.5 Å². The molecule has 0 unspecified atom stereocenters. The van der Waals surface area contributed by atoms with E-state index in [4.69, 9.17) is 9.47 Å². The number of nitro benzene ring substituents is 1. The monoisotopic (exact) mass is 392 g/mol. The lowest BCUT2D eigenvalue weighted by molar-refractivity contribution is -0.385. The van der Waals surface area contributed by atoms with E-state index in [1.165, 1.54) is 26.4 Å². The highest BCUT2D eigenvalue weighted by molar-refractivity contribution is 5.99. The SMILES string of the molecule is COc1cc(C(=O)NC(c2ccccc2)c2ccccc2)c([N+](=O)[O-])cc1OC. The average Bonchev–Trinajstić information content (AvgIpc) is 2.77. The molecule has 7 heteroatoms. The Morgan fingerprint density at radius 2 is 1.38 bits per heavy atom. The number of benzene rings is 3. The van der Waals surface area contributed by atoms with Crippen LogP contribution >= 0.6 is 0 Å². The van der Waals surface area contributed by atoms with E-state index in [2.05, 4.69) is 5.32 Å². The van der Waals surface area contributed by atoms with E-state index >= 15 is 0 Å². The van der Waals surface area contributed by atoms with Crippen LogP contribution < -0.4 is 14.8 Å². The van der Waals surface area contributed by atoms with Crippen LogP contribution in [0.15, 0.2) is 72.8 Å². The minimum atomic E-state index is -0.614. The van der Waals surface area contributed by atoms with Crippen LogP contribution in [0.4, 0.5) is 5.69 Å². The fourth-order valence-electron chi connectivity index (χ4n) is 3.06. The Hall–Kier alpha value is -3.87. The molecule has 29 heavy (non-hydrogen) atoms. The fourth-order valence-corrected chi connectivity index (χ4v) is 3.06. The van der Waals surface area contributed by atoms with E-state index < -0.39 is 16.9 Å². The predicted octanol–water partition coefficient (Wildman–Crippen LogP) is 4.13. The van der Waals surface area contributed by atoms with Gasteiger partial charge in [-0.3, -0.25) is 14.9 Å². The molecular weight excluding hydrogens is 372 g/mol. The van der Waals surface area contributed by atoms with E-state index in [1.807, 2.05) is 60.7 Å². The number of hydrogen-bond acceptors (Lipinski definition) is 5. The van der Waals surface area contributed by atoms with E-state index in [0.29, 0.717) is 0 Å². The van der Waals surface area contributed by atoms with Crippen molar-refractivity contribution in [3.63, 3.8) is 0 Å². The van der Waals surface area contributed by atoms with Gasteiger partial charge < -0.3 is 14.8 Å². The number of carbonyl (C=O) groups is 1. The minimum Gasteiger partial charge on any atom is -0.493 e. The number of hydrogen-bond donors (Lipinski definition) is 1. The maximum atomic E-state index is 13.1. The summed E-state index contributed by atoms with van der Waals surface area (Å²) in [6.07, 6.45) is 0. The molecule has 0 saturated carbocycles. The maximum Gasteiger partial charge on any atom is 0.286 e. The van der Waals surface area contributed by atoms with E-state index in [0.717, 1.165) is 11.1 Å². The van der Waals surface area contributed by atoms with Gasteiger partial charge in [-0.15, -0.1) is 0 Å². The number of rotatable bonds is 7. The largest absolute Gasteiger partial charge is 0.493 e. The minimum absolute atomic E-state index is 0.107. The highest BCUT2D eigenvalue weighted by Gasteiger charge is 2.27. The molecule has 148 valence electrons. The molecule has 1 amide bonds. The Bertz CT molecular complexity index is 967. The zero-order valence-corrected chi connectivity index (χ0v) is 16.0. The first-order valence-corrected chi connectivity index (χ1v) is 8.86. The molecule has 0 aliphatic rings. The first-order chi connectivity index (χ1) is 14.0. The molecule has 0 atom stereocenters. The molecule has 0 saturated heterocycles. The quantitative estimate of drug-likeness (QED) is 0.482. The zero-order chi connectivity index (χ0) is 20.8. The van der Waals surface area contributed by atoms with Crippen LogP contribution in [0.25, 0.3) is 0 Å². The highest BCUT2D eigenvalue weighted by Crippen LogP contribution is 2.35. The third-order valence-corrected chi connectivity index (χ3v) is 4.48. The van der Waals surface area contributed by atoms with Crippen molar-refractivity contribution in [1.82, 2.24) is 5.32 Å². The van der Waals surface area contributed by atoms with Crippen LogP contribution in [-0.2, 0) is 0 Å². The third kappa shape index (κ3) is 4.35. The van der Waals surface area contributed by atoms with Crippen molar-refractivity contribution in [1.29, 1.82) is 0 Å². The van der Waals surface area contributed by atoms with Gasteiger partial charge in [-0.2, -0.15) is 0 Å². The van der Waals surface area contributed by atoms with Crippen molar-refractivity contribution in [2.75, 3.05) is 14.2 Å². The number of nitrogens with zero attached hydrogens (tertiary/aromatic N) is 1. The molecule has 7 nitrogen and oxygen atoms in total. The maximum absolute atomic E-state index is 13.1. The second-order valence-corrected chi connectivity index (χ2v) is 6.21. The molecular formula is C22H20N2O5. The van der Waals surface area contributed by atoms with Gasteiger partial charge in [0.05, 0.1) is 31.3 Å². The Kier molecular flexibility index (Phi) is 6.09. The fraction of sp³-hybridized carbons (Fsp3) is 0.136. The normalized spacial score (nSPS) is 10.4. The van der Waals surface area contributed by atoms with Crippen molar-refractivity contribution in [3.05, 3.63) is 99.6 Å². The zero-order valence-electron chi connectivity index (χ0n) is 16.0. The summed E-state index contributed by atoms with van der Waals surface area (Å²) in [7, 11) is 2.78. The van der Waals surface area contributed by atoms with Crippen LogP contribution in [0.5, 0.6) is 11.5 Å². The number of nitrogens with one attached hydrogen (secondary N) is 1. The van der Waals surface area contributed by atoms with Crippen LogP contribution in [0.2, 0.25) is 0 Å². The summed E-state index contributed by atoms with van der Waals surface area (Å²) in [6.45, 7) is 0. The summed E-state index contributed by atoms with van der Waals surface area (Å²) >= 11 is 0. The summed E-state index contributed by atoms with van der Waals surface area (Å²) < 4.78 is 10.3. The van der Waals surface area contributed by atoms with Gasteiger partial charge in [0.1, 0.15) is 5.56 Å². The predicted molar refractivity (Wildman–Crippen MR) is 108 cm³/mol. The second-order valence-electron chi connectivity index (χ2n) is 6.21. The molecule has 3 aromatic carbocycles. The van der Waals surface area contributed by atoms with Crippen molar-refractivity contribution in [2.24, 2.45) is 0 Å². The molecule has 3 aromatic rings. The van der Waals surface area contributed by atoms with Crippen molar-refractivity contribution in [2.45, 2.75) is 6.04 Å². The average molecular weight is 392 g/mol. The molecule has 0 bridgehead atoms. The third-order valence-electron chi connectivity index (χ3n) is 4.48. The molecule has 0 spiro atoms. The molecule has 0 fully saturated rings. The topological polar surface area (TPSA) is 90.7 Å². The molecule has 0 aliphatic carbocycles. The standard InChI is InChI=1S/C22H20N2O5/c1-28-19-13-17(18(24(26)27)14-20(19)29-2)22(25)23-21(15-9-5-3-6-10-15)16-11-7-4-8-12-16/h3-14,21H,1-2H3,(H,23,25). The van der Waals surface area contributed by atoms with Gasteiger partial charge in [0.15, 0.2) is 11.5 Å². The van der Waals surface area contributed by atoms with Crippen LogP contribution in [0.3, 0.4) is 0 Å². The Morgan fingerprint density at radius 3 is 1.83 bits per heavy atom. The van der Waals surface area contributed by atoms with Crippen LogP contribution in [0, 0.1) is 10.1 Å². The number of amides is 1. The van der Waals surface area contributed by atoms with E-state index in [1.54, 1.807) is 0 Å². The van der Waals surface area contributed by atoms with Gasteiger partial charge in [0.25, 0.3) is 11.6 Å². The second kappa shape index (κ2) is 8.88. The Balaban J connectivity index is 2.03. The smallest absolute Gasteiger partial charge is 0.286 e. The van der Waals surface area contributed by atoms with Gasteiger partial charge >= 0.3 is 0 Å². The van der Waals surface area contributed by atoms with Crippen molar-refractivity contribution < 1.29 is 19.2 Å². The molecule has 3 rings (SSSR count). The van der Waals surface area contributed by atoms with Crippen LogP contribution in [-0.4, -0.2) is 25.1 Å². The van der Waals surface area contributed by atoms with E-state index in [9.17, 15) is 14.9 Å². The molecule has 1 N–H and O–H groups in total. The van der Waals surface area contributed by atoms with Gasteiger partial charge in [0.2, 0.25) is 0 Å². The Labute approximate surface area is 168 Å². The van der Waals surface area contributed by atoms with Crippen molar-refractivity contribution >= 4 is 11.6 Å². The van der Waals surface area contributed by atoms with E-state index in [-0.39, 0.29) is 22.7 Å². The molecule has 0 aromatic heterocycles. The lowest BCUT2D eigenvalue weighted by atomic mass is 9.98. The number of methoxy groups -OCH3 is 2. The summed E-state index contributed by atoms with van der Waals surface area (Å²) in [4.78, 5) is 24.0. The number of nitro groups is 1. The lowest BCUT2D eigenvalue weighted by Crippen LogP contribution is -2.30. The Morgan fingerprint density at radius 1 is 0.897 bits per heavy atom. The van der Waals surface area contributed by atoms with Gasteiger partial charge in [0, 0.05) is 6.07 Å². The first kappa shape index (κ1) is 19.9. The summed E-state index contributed by atoms with van der Waals surface area (Å²) in [5, 5.41) is 14.5. The lowest BCUT2D eigenvalue weighted by Gasteiger charge is -2.20. The summed E-state index contributed by atoms with van der Waals surface area (Å²) in [6, 6.07) is 20.8. The van der Waals surface area contributed by atoms with Gasteiger partial charge in [-0.25, -0.2) is 0 Å².